The Morgan fingerprint density at radius 1 is 0.920 bits per heavy atom. The molecule has 0 N–H and O–H groups in total. The molecule has 25 heavy (non-hydrogen) atoms. The number of rotatable bonds is 4. The predicted molar refractivity (Wildman–Crippen MR) is 98.2 cm³/mol. The Morgan fingerprint density at radius 2 is 1.32 bits per heavy atom. The van der Waals surface area contributed by atoms with Crippen molar-refractivity contribution in [1.82, 2.24) is 4.98 Å². The van der Waals surface area contributed by atoms with E-state index in [0.29, 0.717) is 36.8 Å². The van der Waals surface area contributed by atoms with Gasteiger partial charge in [0.25, 0.3) is 0 Å². The first-order chi connectivity index (χ1) is 12.0. The summed E-state index contributed by atoms with van der Waals surface area (Å²) in [5, 5.41) is 0. The summed E-state index contributed by atoms with van der Waals surface area (Å²) in [4.78, 5) is 13.9. The number of pyridine rings is 1. The Hall–Kier alpha value is -0.798. The summed E-state index contributed by atoms with van der Waals surface area (Å²) in [5.41, 5.74) is 1.50. The van der Waals surface area contributed by atoms with Crippen LogP contribution in [0.5, 0.6) is 0 Å². The average Bonchev–Trinajstić information content (AvgIpc) is 3.26. The molecule has 5 nitrogen and oxygen atoms in total. The first kappa shape index (κ1) is 20.5. The molecule has 138 valence electrons. The number of hydrogen-bond acceptors (Lipinski definition) is 5. The molecule has 0 fully saturated rings. The molecule has 2 aliphatic heterocycles. The molecule has 0 radical (unpaired) electrons. The van der Waals surface area contributed by atoms with Gasteiger partial charge in [-0.15, -0.1) is 0 Å². The topological polar surface area (TPSA) is 56.1 Å². The molecule has 0 saturated carbocycles. The normalized spacial score (nSPS) is 22.1. The number of hydrogen-bond donors (Lipinski definition) is 0. The fourth-order valence-corrected chi connectivity index (χ4v) is 2.42. The maximum absolute atomic E-state index is 5.70. The average molecular weight is 424 g/mol. The molecule has 0 aliphatic carbocycles. The molecule has 1 aromatic heterocycles. The second-order valence-corrected chi connectivity index (χ2v) is 8.69. The fraction of sp³-hybridized carbons (Fsp3) is 0.588. The number of ether oxygens (including phenoxy) is 2. The Labute approximate surface area is 164 Å². The molecular weight excluding hydrogens is 401 g/mol. The van der Waals surface area contributed by atoms with Gasteiger partial charge in [0.2, 0.25) is 11.8 Å². The zero-order valence-corrected chi connectivity index (χ0v) is 17.6. The zero-order valence-electron chi connectivity index (χ0n) is 14.8. The van der Waals surface area contributed by atoms with E-state index in [1.54, 1.807) is 0 Å². The van der Waals surface area contributed by atoms with Crippen LogP contribution in [0.1, 0.15) is 39.1 Å². The quantitative estimate of drug-likeness (QED) is 0.733. The molecule has 2 atom stereocenters. The third-order valence-corrected chi connectivity index (χ3v) is 4.07. The SMILES string of the molecule is CC(C)C1COC(c2cccc(C3=N[C@@H](C(C)C)CO3)n2)=N1.[Cl][Cr][Cl]. The van der Waals surface area contributed by atoms with Crippen LogP contribution in [0.25, 0.3) is 0 Å². The summed E-state index contributed by atoms with van der Waals surface area (Å²) >= 11 is -0.181. The van der Waals surface area contributed by atoms with Gasteiger partial charge in [0.05, 0.1) is 12.1 Å². The second kappa shape index (κ2) is 9.78. The van der Waals surface area contributed by atoms with Gasteiger partial charge in [0, 0.05) is 0 Å². The van der Waals surface area contributed by atoms with Crippen LogP contribution in [0.3, 0.4) is 0 Å². The van der Waals surface area contributed by atoms with Crippen molar-refractivity contribution in [1.29, 1.82) is 0 Å². The molecule has 3 rings (SSSR count). The van der Waals surface area contributed by atoms with Gasteiger partial charge in [0.15, 0.2) is 0 Å². The summed E-state index contributed by atoms with van der Waals surface area (Å²) in [6.07, 6.45) is 0. The molecular formula is C17H23Cl2CrN3O2. The number of halogens is 2. The summed E-state index contributed by atoms with van der Waals surface area (Å²) in [6.45, 7) is 9.86. The van der Waals surface area contributed by atoms with Gasteiger partial charge >= 0.3 is 33.5 Å². The van der Waals surface area contributed by atoms with Crippen LogP contribution in [0, 0.1) is 11.8 Å². The Balaban J connectivity index is 0.000000701. The number of nitrogens with zero attached hydrogens (tertiary/aromatic N) is 3. The molecule has 1 unspecified atom stereocenters. The van der Waals surface area contributed by atoms with Crippen LogP contribution in [0.15, 0.2) is 28.2 Å². The Kier molecular flexibility index (Phi) is 8.02. The molecule has 8 heteroatoms. The molecule has 3 heterocycles. The minimum absolute atomic E-state index is 0.181. The van der Waals surface area contributed by atoms with Crippen LogP contribution in [0.2, 0.25) is 0 Å². The number of aliphatic imine (C=N–C) groups is 2. The third-order valence-electron chi connectivity index (χ3n) is 4.07. The van der Waals surface area contributed by atoms with Gasteiger partial charge in [-0.2, -0.15) is 0 Å². The molecule has 0 aromatic carbocycles. The van der Waals surface area contributed by atoms with Crippen LogP contribution >= 0.6 is 20.1 Å². The first-order valence-corrected chi connectivity index (χ1v) is 11.8. The molecule has 2 aliphatic rings. The van der Waals surface area contributed by atoms with Crippen LogP contribution < -0.4 is 0 Å². The predicted octanol–water partition coefficient (Wildman–Crippen LogP) is 4.06. The van der Waals surface area contributed by atoms with Crippen molar-refractivity contribution in [3.05, 3.63) is 29.6 Å². The molecule has 0 saturated heterocycles. The molecule has 0 amide bonds. The Morgan fingerprint density at radius 3 is 1.64 bits per heavy atom. The van der Waals surface area contributed by atoms with E-state index in [9.17, 15) is 0 Å². The monoisotopic (exact) mass is 423 g/mol. The van der Waals surface area contributed by atoms with E-state index in [0.717, 1.165) is 11.4 Å². The fourth-order valence-electron chi connectivity index (χ4n) is 2.42. The van der Waals surface area contributed by atoms with Crippen LogP contribution in [-0.2, 0) is 22.9 Å². The van der Waals surface area contributed by atoms with E-state index in [-0.39, 0.29) is 25.5 Å². The van der Waals surface area contributed by atoms with E-state index in [4.69, 9.17) is 29.6 Å². The van der Waals surface area contributed by atoms with Gasteiger partial charge in [0.1, 0.15) is 24.6 Å². The van der Waals surface area contributed by atoms with E-state index in [1.165, 1.54) is 0 Å². The summed E-state index contributed by atoms with van der Waals surface area (Å²) < 4.78 is 11.4. The van der Waals surface area contributed by atoms with Crippen molar-refractivity contribution in [3.8, 4) is 0 Å². The van der Waals surface area contributed by atoms with Gasteiger partial charge in [-0.05, 0) is 24.0 Å². The first-order valence-electron chi connectivity index (χ1n) is 8.24. The standard InChI is InChI=1S/C17H23N3O2.2ClH.Cr/c1-10(2)14-8-21-16(19-14)12-6-5-7-13(18-12)17-20-15(9-22-17)11(3)4;;;/h5-7,10-11,14-15H,8-9H2,1-4H3;2*1H;/q;;;+2/p-2/t14-,15?;;;/m1.../s1. The maximum atomic E-state index is 5.70. The van der Waals surface area contributed by atoms with E-state index in [2.05, 4.69) is 42.7 Å². The van der Waals surface area contributed by atoms with Crippen molar-refractivity contribution < 1.29 is 22.9 Å². The van der Waals surface area contributed by atoms with E-state index in [1.807, 2.05) is 18.2 Å². The third kappa shape index (κ3) is 5.59. The van der Waals surface area contributed by atoms with Crippen molar-refractivity contribution in [3.63, 3.8) is 0 Å². The molecule has 0 bridgehead atoms. The van der Waals surface area contributed by atoms with Crippen molar-refractivity contribution in [2.24, 2.45) is 21.8 Å². The van der Waals surface area contributed by atoms with Gasteiger partial charge in [-0.25, -0.2) is 15.0 Å². The second-order valence-electron chi connectivity index (χ2n) is 6.58. The van der Waals surface area contributed by atoms with E-state index < -0.39 is 0 Å². The zero-order chi connectivity index (χ0) is 18.4. The Bertz CT molecular complexity index is 589. The van der Waals surface area contributed by atoms with Gasteiger partial charge in [-0.1, -0.05) is 33.8 Å². The summed E-state index contributed by atoms with van der Waals surface area (Å²) in [7, 11) is 9.65. The van der Waals surface area contributed by atoms with Gasteiger partial charge < -0.3 is 9.47 Å². The van der Waals surface area contributed by atoms with Gasteiger partial charge in [-0.3, -0.25) is 0 Å². The van der Waals surface area contributed by atoms with E-state index >= 15 is 0 Å². The van der Waals surface area contributed by atoms with Crippen molar-refractivity contribution in [2.75, 3.05) is 13.2 Å². The number of aromatic nitrogens is 1. The molecule has 1 aromatic rings. The van der Waals surface area contributed by atoms with Crippen molar-refractivity contribution >= 4 is 31.9 Å². The van der Waals surface area contributed by atoms with Crippen molar-refractivity contribution in [2.45, 2.75) is 39.8 Å². The molecule has 0 spiro atoms. The van der Waals surface area contributed by atoms with Crippen LogP contribution in [0.4, 0.5) is 0 Å². The van der Waals surface area contributed by atoms with Crippen LogP contribution in [-0.4, -0.2) is 42.1 Å². The minimum atomic E-state index is -0.181. The summed E-state index contributed by atoms with van der Waals surface area (Å²) in [5.74, 6) is 2.18. The summed E-state index contributed by atoms with van der Waals surface area (Å²) in [6, 6.07) is 6.21.